The number of aromatic nitrogens is 1. The van der Waals surface area contributed by atoms with Crippen LogP contribution in [0.25, 0.3) is 0 Å². The van der Waals surface area contributed by atoms with Gasteiger partial charge in [0.2, 0.25) is 0 Å². The Hall–Kier alpha value is -0.450. The molecule has 2 rings (SSSR count). The molecule has 2 unspecified atom stereocenters. The van der Waals surface area contributed by atoms with Crippen molar-refractivity contribution in [3.63, 3.8) is 0 Å². The summed E-state index contributed by atoms with van der Waals surface area (Å²) in [4.78, 5) is 5.63. The zero-order chi connectivity index (χ0) is 12.1. The van der Waals surface area contributed by atoms with Gasteiger partial charge < -0.3 is 10.4 Å². The van der Waals surface area contributed by atoms with Crippen LogP contribution in [0.2, 0.25) is 0 Å². The lowest BCUT2D eigenvalue weighted by atomic mass is 10.1. The number of aliphatic hydroxyl groups is 1. The summed E-state index contributed by atoms with van der Waals surface area (Å²) >= 11 is 1.77. The highest BCUT2D eigenvalue weighted by atomic mass is 32.1. The third-order valence-electron chi connectivity index (χ3n) is 3.42. The van der Waals surface area contributed by atoms with Gasteiger partial charge in [-0.25, -0.2) is 4.98 Å². The first-order valence-electron chi connectivity index (χ1n) is 6.64. The molecule has 0 aliphatic heterocycles. The fourth-order valence-electron chi connectivity index (χ4n) is 2.35. The van der Waals surface area contributed by atoms with Gasteiger partial charge in [0.15, 0.2) is 0 Å². The highest BCUT2D eigenvalue weighted by Crippen LogP contribution is 2.19. The van der Waals surface area contributed by atoms with E-state index in [1.807, 2.05) is 6.20 Å². The van der Waals surface area contributed by atoms with E-state index in [2.05, 4.69) is 17.2 Å². The zero-order valence-electron chi connectivity index (χ0n) is 10.5. The first kappa shape index (κ1) is 13.0. The predicted molar refractivity (Wildman–Crippen MR) is 71.2 cm³/mol. The summed E-state index contributed by atoms with van der Waals surface area (Å²) in [5.41, 5.74) is 0. The molecule has 2 atom stereocenters. The van der Waals surface area contributed by atoms with Crippen LogP contribution in [0.1, 0.15) is 48.9 Å². The lowest BCUT2D eigenvalue weighted by molar-refractivity contribution is 0.119. The third-order valence-corrected chi connectivity index (χ3v) is 4.56. The average Bonchev–Trinajstić information content (AvgIpc) is 2.70. The van der Waals surface area contributed by atoms with Gasteiger partial charge in [0.1, 0.15) is 0 Å². The van der Waals surface area contributed by atoms with E-state index in [0.717, 1.165) is 25.8 Å². The molecular weight excluding hydrogens is 232 g/mol. The van der Waals surface area contributed by atoms with Gasteiger partial charge >= 0.3 is 0 Å². The summed E-state index contributed by atoms with van der Waals surface area (Å²) in [7, 11) is 0. The minimum Gasteiger partial charge on any atom is -0.392 e. The Bertz CT molecular complexity index is 340. The van der Waals surface area contributed by atoms with Crippen LogP contribution < -0.4 is 5.32 Å². The highest BCUT2D eigenvalue weighted by molar-refractivity contribution is 7.11. The molecule has 17 heavy (non-hydrogen) atoms. The van der Waals surface area contributed by atoms with E-state index >= 15 is 0 Å². The highest BCUT2D eigenvalue weighted by Gasteiger charge is 2.20. The van der Waals surface area contributed by atoms with Gasteiger partial charge in [0.25, 0.3) is 0 Å². The van der Waals surface area contributed by atoms with Gasteiger partial charge in [-0.2, -0.15) is 0 Å². The second-order valence-electron chi connectivity index (χ2n) is 4.77. The lowest BCUT2D eigenvalue weighted by Gasteiger charge is -2.21. The quantitative estimate of drug-likeness (QED) is 0.811. The molecule has 4 heteroatoms. The van der Waals surface area contributed by atoms with Crippen molar-refractivity contribution in [1.82, 2.24) is 10.3 Å². The molecule has 1 fully saturated rings. The van der Waals surface area contributed by atoms with Crippen molar-refractivity contribution in [3.05, 3.63) is 16.1 Å². The smallest absolute Gasteiger partial charge is 0.0925 e. The van der Waals surface area contributed by atoms with Gasteiger partial charge in [0.05, 0.1) is 11.1 Å². The summed E-state index contributed by atoms with van der Waals surface area (Å²) in [6.45, 7) is 2.98. The molecule has 0 aromatic carbocycles. The Kier molecular flexibility index (Phi) is 4.95. The SMILES string of the molecule is CCc1ncc(CNC2CCCCCC2O)s1. The van der Waals surface area contributed by atoms with Crippen LogP contribution >= 0.6 is 11.3 Å². The van der Waals surface area contributed by atoms with Crippen molar-refractivity contribution >= 4 is 11.3 Å². The van der Waals surface area contributed by atoms with E-state index in [1.54, 1.807) is 11.3 Å². The maximum atomic E-state index is 10.0. The third kappa shape index (κ3) is 3.76. The maximum absolute atomic E-state index is 10.0. The maximum Gasteiger partial charge on any atom is 0.0925 e. The van der Waals surface area contributed by atoms with Crippen LogP contribution in [0, 0.1) is 0 Å². The molecule has 1 heterocycles. The largest absolute Gasteiger partial charge is 0.392 e. The van der Waals surface area contributed by atoms with Gasteiger partial charge in [-0.1, -0.05) is 26.2 Å². The van der Waals surface area contributed by atoms with Crippen molar-refractivity contribution in [2.24, 2.45) is 0 Å². The fourth-order valence-corrected chi connectivity index (χ4v) is 3.16. The van der Waals surface area contributed by atoms with Crippen molar-refractivity contribution in [1.29, 1.82) is 0 Å². The molecule has 0 radical (unpaired) electrons. The minimum absolute atomic E-state index is 0.170. The minimum atomic E-state index is -0.170. The number of aryl methyl sites for hydroxylation is 1. The zero-order valence-corrected chi connectivity index (χ0v) is 11.3. The van der Waals surface area contributed by atoms with Gasteiger partial charge in [-0.15, -0.1) is 11.3 Å². The molecule has 0 spiro atoms. The van der Waals surface area contributed by atoms with Gasteiger partial charge in [0, 0.05) is 23.7 Å². The normalized spacial score (nSPS) is 25.8. The number of rotatable bonds is 4. The van der Waals surface area contributed by atoms with E-state index in [9.17, 15) is 5.11 Å². The molecule has 0 bridgehead atoms. The Labute approximate surface area is 107 Å². The van der Waals surface area contributed by atoms with E-state index in [1.165, 1.54) is 29.1 Å². The second kappa shape index (κ2) is 6.47. The molecule has 1 aromatic heterocycles. The Morgan fingerprint density at radius 1 is 1.41 bits per heavy atom. The number of nitrogens with one attached hydrogen (secondary N) is 1. The van der Waals surface area contributed by atoms with Crippen LogP contribution in [0.4, 0.5) is 0 Å². The molecule has 0 amide bonds. The molecule has 2 N–H and O–H groups in total. The van der Waals surface area contributed by atoms with Crippen LogP contribution in [0.3, 0.4) is 0 Å². The first-order chi connectivity index (χ1) is 8.29. The summed E-state index contributed by atoms with van der Waals surface area (Å²) in [5.74, 6) is 0. The molecule has 1 saturated carbocycles. The number of aliphatic hydroxyl groups excluding tert-OH is 1. The Morgan fingerprint density at radius 3 is 3.00 bits per heavy atom. The number of hydrogen-bond donors (Lipinski definition) is 2. The van der Waals surface area contributed by atoms with Gasteiger partial charge in [-0.3, -0.25) is 0 Å². The van der Waals surface area contributed by atoms with Crippen molar-refractivity contribution < 1.29 is 5.11 Å². The first-order valence-corrected chi connectivity index (χ1v) is 7.46. The Morgan fingerprint density at radius 2 is 2.24 bits per heavy atom. The monoisotopic (exact) mass is 254 g/mol. The summed E-state index contributed by atoms with van der Waals surface area (Å²) < 4.78 is 0. The number of hydrogen-bond acceptors (Lipinski definition) is 4. The topological polar surface area (TPSA) is 45.2 Å². The van der Waals surface area contributed by atoms with E-state index in [0.29, 0.717) is 0 Å². The molecule has 1 aliphatic rings. The molecule has 0 saturated heterocycles. The molecule has 1 aromatic rings. The molecular formula is C13H22N2OS. The summed E-state index contributed by atoms with van der Waals surface area (Å²) in [5, 5.41) is 14.7. The lowest BCUT2D eigenvalue weighted by Crippen LogP contribution is -2.38. The van der Waals surface area contributed by atoms with E-state index < -0.39 is 0 Å². The average molecular weight is 254 g/mol. The standard InChI is InChI=1S/C13H22N2OS/c1-2-13-15-9-10(17-13)8-14-11-6-4-3-5-7-12(11)16/h9,11-12,14,16H,2-8H2,1H3. The summed E-state index contributed by atoms with van der Waals surface area (Å²) in [6.07, 6.45) is 8.50. The molecule has 1 aliphatic carbocycles. The van der Waals surface area contributed by atoms with Crippen molar-refractivity contribution in [2.75, 3.05) is 0 Å². The number of thiazole rings is 1. The van der Waals surface area contributed by atoms with E-state index in [-0.39, 0.29) is 12.1 Å². The number of nitrogens with zero attached hydrogens (tertiary/aromatic N) is 1. The predicted octanol–water partition coefficient (Wildman–Crippen LogP) is 2.49. The van der Waals surface area contributed by atoms with E-state index in [4.69, 9.17) is 0 Å². The van der Waals surface area contributed by atoms with Gasteiger partial charge in [-0.05, 0) is 19.3 Å². The molecule has 3 nitrogen and oxygen atoms in total. The van der Waals surface area contributed by atoms with Crippen molar-refractivity contribution in [3.8, 4) is 0 Å². The van der Waals surface area contributed by atoms with Crippen LogP contribution in [0.15, 0.2) is 6.20 Å². The van der Waals surface area contributed by atoms with Crippen LogP contribution in [-0.4, -0.2) is 22.2 Å². The van der Waals surface area contributed by atoms with Crippen LogP contribution in [0.5, 0.6) is 0 Å². The molecule has 96 valence electrons. The van der Waals surface area contributed by atoms with Crippen LogP contribution in [-0.2, 0) is 13.0 Å². The fraction of sp³-hybridized carbons (Fsp3) is 0.769. The second-order valence-corrected chi connectivity index (χ2v) is 5.97. The Balaban J connectivity index is 1.83. The van der Waals surface area contributed by atoms with Crippen molar-refractivity contribution in [2.45, 2.75) is 64.1 Å². The summed E-state index contributed by atoms with van der Waals surface area (Å²) in [6, 6.07) is 0.268.